The van der Waals surface area contributed by atoms with Crippen molar-refractivity contribution in [1.82, 2.24) is 14.9 Å². The fourth-order valence-corrected chi connectivity index (χ4v) is 5.94. The molecule has 0 unspecified atom stereocenters. The summed E-state index contributed by atoms with van der Waals surface area (Å²) in [5.41, 5.74) is 7.95. The molecule has 0 bridgehead atoms. The molecule has 0 amide bonds. The van der Waals surface area contributed by atoms with E-state index in [2.05, 4.69) is 99.7 Å². The van der Waals surface area contributed by atoms with Crippen LogP contribution in [0.25, 0.3) is 11.0 Å². The van der Waals surface area contributed by atoms with E-state index in [1.807, 2.05) is 12.1 Å². The summed E-state index contributed by atoms with van der Waals surface area (Å²) in [4.78, 5) is 18.4. The van der Waals surface area contributed by atoms with Crippen LogP contribution in [-0.2, 0) is 13.1 Å². The van der Waals surface area contributed by atoms with Crippen molar-refractivity contribution in [3.63, 3.8) is 0 Å². The normalized spacial score (nSPS) is 16.1. The van der Waals surface area contributed by atoms with Gasteiger partial charge in [-0.1, -0.05) is 54.6 Å². The minimum Gasteiger partial charge on any atom is -0.497 e. The van der Waals surface area contributed by atoms with Crippen molar-refractivity contribution in [3.8, 4) is 5.75 Å². The third kappa shape index (κ3) is 4.87. The van der Waals surface area contributed by atoms with Crippen LogP contribution in [0.3, 0.4) is 0 Å². The lowest BCUT2D eigenvalue weighted by molar-refractivity contribution is 0.202. The van der Waals surface area contributed by atoms with Crippen molar-refractivity contribution in [3.05, 3.63) is 120 Å². The Balaban J connectivity index is 1.06. The number of nitrogens with zero attached hydrogens (tertiary/aromatic N) is 4. The summed E-state index contributed by atoms with van der Waals surface area (Å²) in [5, 5.41) is 0. The lowest BCUT2D eigenvalue weighted by Crippen LogP contribution is -2.34. The Morgan fingerprint density at radius 2 is 1.65 bits per heavy atom. The van der Waals surface area contributed by atoms with Crippen LogP contribution in [0, 0.1) is 0 Å². The number of para-hydroxylation sites is 2. The summed E-state index contributed by atoms with van der Waals surface area (Å²) in [6, 6.07) is 33.9. The average molecular weight is 528 g/mol. The Kier molecular flexibility index (Phi) is 6.54. The van der Waals surface area contributed by atoms with Gasteiger partial charge in [-0.15, -0.1) is 0 Å². The molecule has 1 N–H and O–H groups in total. The SMILES string of the molecule is COc1ccc2c(c1)CN(c1ccc(CN3CCC(c4nc5ccccc5[nH]4)CC3)cc1)C(c1ccccc1)=N2. The van der Waals surface area contributed by atoms with E-state index in [1.54, 1.807) is 7.11 Å². The zero-order chi connectivity index (χ0) is 26.9. The van der Waals surface area contributed by atoms with Crippen LogP contribution in [-0.4, -0.2) is 40.9 Å². The first-order chi connectivity index (χ1) is 19.7. The molecule has 1 saturated heterocycles. The maximum Gasteiger partial charge on any atom is 0.141 e. The second kappa shape index (κ2) is 10.6. The number of methoxy groups -OCH3 is 1. The zero-order valence-corrected chi connectivity index (χ0v) is 22.8. The largest absolute Gasteiger partial charge is 0.497 e. The number of amidine groups is 1. The molecular formula is C34H33N5O. The van der Waals surface area contributed by atoms with Crippen LogP contribution < -0.4 is 9.64 Å². The Morgan fingerprint density at radius 1 is 0.875 bits per heavy atom. The van der Waals surface area contributed by atoms with Crippen molar-refractivity contribution in [2.24, 2.45) is 4.99 Å². The molecule has 4 aromatic carbocycles. The Labute approximate surface area is 235 Å². The van der Waals surface area contributed by atoms with Crippen LogP contribution in [0.5, 0.6) is 5.75 Å². The quantitative estimate of drug-likeness (QED) is 0.257. The molecular weight excluding hydrogens is 494 g/mol. The fourth-order valence-electron chi connectivity index (χ4n) is 5.94. The zero-order valence-electron chi connectivity index (χ0n) is 22.8. The van der Waals surface area contributed by atoms with Gasteiger partial charge >= 0.3 is 0 Å². The van der Waals surface area contributed by atoms with E-state index in [-0.39, 0.29) is 0 Å². The number of hydrogen-bond acceptors (Lipinski definition) is 5. The van der Waals surface area contributed by atoms with Gasteiger partial charge in [-0.3, -0.25) is 4.90 Å². The first kappa shape index (κ1) is 24.6. The van der Waals surface area contributed by atoms with Gasteiger partial charge < -0.3 is 14.6 Å². The number of hydrogen-bond donors (Lipinski definition) is 1. The predicted molar refractivity (Wildman–Crippen MR) is 162 cm³/mol. The third-order valence-corrected chi connectivity index (χ3v) is 8.17. The van der Waals surface area contributed by atoms with Crippen LogP contribution in [0.2, 0.25) is 0 Å². The van der Waals surface area contributed by atoms with Gasteiger partial charge in [0, 0.05) is 29.3 Å². The number of fused-ring (bicyclic) bond motifs is 2. The van der Waals surface area contributed by atoms with Gasteiger partial charge in [-0.25, -0.2) is 9.98 Å². The van der Waals surface area contributed by atoms with Gasteiger partial charge in [0.05, 0.1) is 30.4 Å². The highest BCUT2D eigenvalue weighted by Crippen LogP contribution is 2.34. The van der Waals surface area contributed by atoms with E-state index >= 15 is 0 Å². The van der Waals surface area contributed by atoms with Gasteiger partial charge in [0.15, 0.2) is 0 Å². The van der Waals surface area contributed by atoms with Gasteiger partial charge in [0.2, 0.25) is 0 Å². The number of benzene rings is 4. The molecule has 0 spiro atoms. The number of piperidine rings is 1. The van der Waals surface area contributed by atoms with Crippen molar-refractivity contribution in [2.45, 2.75) is 31.8 Å². The summed E-state index contributed by atoms with van der Waals surface area (Å²) in [5.74, 6) is 3.47. The van der Waals surface area contributed by atoms with Gasteiger partial charge in [-0.2, -0.15) is 0 Å². The highest BCUT2D eigenvalue weighted by Gasteiger charge is 2.25. The minimum absolute atomic E-state index is 0.502. The number of aliphatic imine (C=N–C) groups is 1. The van der Waals surface area contributed by atoms with Crippen molar-refractivity contribution < 1.29 is 4.74 Å². The van der Waals surface area contributed by atoms with Gasteiger partial charge in [0.25, 0.3) is 0 Å². The van der Waals surface area contributed by atoms with E-state index in [0.29, 0.717) is 5.92 Å². The topological polar surface area (TPSA) is 56.8 Å². The maximum atomic E-state index is 5.49. The summed E-state index contributed by atoms with van der Waals surface area (Å²) >= 11 is 0. The van der Waals surface area contributed by atoms with Crippen molar-refractivity contribution in [1.29, 1.82) is 0 Å². The molecule has 40 heavy (non-hydrogen) atoms. The Hall–Kier alpha value is -4.42. The number of ether oxygens (including phenoxy) is 1. The molecule has 200 valence electrons. The number of rotatable bonds is 6. The van der Waals surface area contributed by atoms with E-state index in [4.69, 9.17) is 14.7 Å². The molecule has 5 aromatic rings. The van der Waals surface area contributed by atoms with Crippen molar-refractivity contribution >= 4 is 28.2 Å². The number of aromatic amines is 1. The molecule has 0 radical (unpaired) electrons. The monoisotopic (exact) mass is 527 g/mol. The maximum absolute atomic E-state index is 5.49. The number of nitrogens with one attached hydrogen (secondary N) is 1. The lowest BCUT2D eigenvalue weighted by Gasteiger charge is -2.32. The minimum atomic E-state index is 0.502. The molecule has 6 nitrogen and oxygen atoms in total. The van der Waals surface area contributed by atoms with Crippen LogP contribution in [0.4, 0.5) is 11.4 Å². The molecule has 0 saturated carbocycles. The molecule has 0 aliphatic carbocycles. The van der Waals surface area contributed by atoms with E-state index < -0.39 is 0 Å². The number of anilines is 1. The molecule has 2 aliphatic heterocycles. The highest BCUT2D eigenvalue weighted by atomic mass is 16.5. The lowest BCUT2D eigenvalue weighted by atomic mass is 9.96. The highest BCUT2D eigenvalue weighted by molar-refractivity contribution is 6.12. The number of H-pyrrole nitrogens is 1. The second-order valence-electron chi connectivity index (χ2n) is 10.7. The molecule has 6 heteroatoms. The molecule has 0 atom stereocenters. The molecule has 3 heterocycles. The average Bonchev–Trinajstić information content (AvgIpc) is 3.46. The third-order valence-electron chi connectivity index (χ3n) is 8.17. The first-order valence-electron chi connectivity index (χ1n) is 14.1. The van der Waals surface area contributed by atoms with Gasteiger partial charge in [0.1, 0.15) is 17.4 Å². The van der Waals surface area contributed by atoms with E-state index in [1.165, 1.54) is 5.56 Å². The first-order valence-corrected chi connectivity index (χ1v) is 14.1. The summed E-state index contributed by atoms with van der Waals surface area (Å²) in [7, 11) is 1.71. The van der Waals surface area contributed by atoms with E-state index in [0.717, 1.165) is 90.0 Å². The van der Waals surface area contributed by atoms with Crippen LogP contribution in [0.15, 0.2) is 102 Å². The van der Waals surface area contributed by atoms with Crippen LogP contribution in [0.1, 0.15) is 41.3 Å². The number of likely N-dealkylation sites (tertiary alicyclic amines) is 1. The second-order valence-corrected chi connectivity index (χ2v) is 10.7. The number of imidazole rings is 1. The number of aromatic nitrogens is 2. The molecule has 1 aromatic heterocycles. The Bertz CT molecular complexity index is 1620. The summed E-state index contributed by atoms with van der Waals surface area (Å²) < 4.78 is 5.49. The van der Waals surface area contributed by atoms with Crippen molar-refractivity contribution in [2.75, 3.05) is 25.1 Å². The standard InChI is InChI=1S/C34H33N5O/c1-40-29-15-16-30-27(21-29)23-39(34(37-30)26-7-3-2-4-8-26)28-13-11-24(12-14-28)22-38-19-17-25(18-20-38)33-35-31-9-5-6-10-32(31)36-33/h2-16,21,25H,17-20,22-23H2,1H3,(H,35,36). The van der Waals surface area contributed by atoms with Crippen LogP contribution >= 0.6 is 0 Å². The smallest absolute Gasteiger partial charge is 0.141 e. The Morgan fingerprint density at radius 3 is 2.42 bits per heavy atom. The molecule has 2 aliphatic rings. The summed E-state index contributed by atoms with van der Waals surface area (Å²) in [6.45, 7) is 3.87. The summed E-state index contributed by atoms with van der Waals surface area (Å²) in [6.07, 6.45) is 2.26. The van der Waals surface area contributed by atoms with E-state index in [9.17, 15) is 0 Å². The van der Waals surface area contributed by atoms with Gasteiger partial charge in [-0.05, 0) is 74.0 Å². The molecule has 7 rings (SSSR count). The molecule has 1 fully saturated rings. The fraction of sp³-hybridized carbons (Fsp3) is 0.235. The predicted octanol–water partition coefficient (Wildman–Crippen LogP) is 7.05.